The van der Waals surface area contributed by atoms with Crippen LogP contribution in [0.5, 0.6) is 0 Å². The smallest absolute Gasteiger partial charge is 0.317 e. The molecule has 1 unspecified atom stereocenters. The van der Waals surface area contributed by atoms with E-state index in [-0.39, 0.29) is 18.7 Å². The Morgan fingerprint density at radius 2 is 2.04 bits per heavy atom. The molecule has 0 bridgehead atoms. The topological polar surface area (TPSA) is 55.8 Å². The molecule has 0 aromatic heterocycles. The summed E-state index contributed by atoms with van der Waals surface area (Å²) in [5.41, 5.74) is 2.40. The lowest BCUT2D eigenvalue weighted by Crippen LogP contribution is -2.48. The summed E-state index contributed by atoms with van der Waals surface area (Å²) in [7, 11) is 4.09. The standard InChI is InChI=1S/C18H29N3O2/c1-20(2)14-16-8-4-3-7-15(16)13-19-18(23)21-11-6-5-9-17(21)10-12-22/h3-4,7-8,17,22H,5-6,9-14H2,1-2H3,(H,19,23). The number of hydrogen-bond acceptors (Lipinski definition) is 3. The van der Waals surface area contributed by atoms with E-state index < -0.39 is 0 Å². The Labute approximate surface area is 139 Å². The van der Waals surface area contributed by atoms with E-state index in [4.69, 9.17) is 0 Å². The zero-order chi connectivity index (χ0) is 16.7. The zero-order valence-corrected chi connectivity index (χ0v) is 14.3. The van der Waals surface area contributed by atoms with Crippen LogP contribution in [0.4, 0.5) is 4.79 Å². The van der Waals surface area contributed by atoms with Crippen molar-refractivity contribution in [3.63, 3.8) is 0 Å². The number of nitrogens with one attached hydrogen (secondary N) is 1. The number of aliphatic hydroxyl groups excluding tert-OH is 1. The maximum atomic E-state index is 12.5. The van der Waals surface area contributed by atoms with Crippen molar-refractivity contribution in [2.45, 2.75) is 44.8 Å². The molecule has 1 aliphatic rings. The highest BCUT2D eigenvalue weighted by Gasteiger charge is 2.26. The molecule has 1 aliphatic heterocycles. The third kappa shape index (κ3) is 5.22. The number of aliphatic hydroxyl groups is 1. The van der Waals surface area contributed by atoms with Gasteiger partial charge in [-0.1, -0.05) is 24.3 Å². The Kier molecular flexibility index (Phi) is 6.86. The van der Waals surface area contributed by atoms with E-state index in [9.17, 15) is 9.90 Å². The number of carbonyl (C=O) groups is 1. The minimum Gasteiger partial charge on any atom is -0.396 e. The van der Waals surface area contributed by atoms with E-state index in [1.54, 1.807) is 0 Å². The quantitative estimate of drug-likeness (QED) is 0.845. The first-order valence-corrected chi connectivity index (χ1v) is 8.48. The van der Waals surface area contributed by atoms with E-state index in [0.717, 1.165) is 37.9 Å². The second-order valence-electron chi connectivity index (χ2n) is 6.52. The maximum absolute atomic E-state index is 12.5. The second kappa shape index (κ2) is 8.89. The fraction of sp³-hybridized carbons (Fsp3) is 0.611. The number of carbonyl (C=O) groups excluding carboxylic acids is 1. The average molecular weight is 319 g/mol. The minimum absolute atomic E-state index is 0.0113. The lowest BCUT2D eigenvalue weighted by Gasteiger charge is -2.35. The van der Waals surface area contributed by atoms with Gasteiger partial charge in [-0.3, -0.25) is 0 Å². The minimum atomic E-state index is -0.0113. The van der Waals surface area contributed by atoms with Crippen molar-refractivity contribution in [2.24, 2.45) is 0 Å². The fourth-order valence-corrected chi connectivity index (χ4v) is 3.21. The highest BCUT2D eigenvalue weighted by molar-refractivity contribution is 5.74. The van der Waals surface area contributed by atoms with Gasteiger partial charge in [-0.05, 0) is 50.9 Å². The maximum Gasteiger partial charge on any atom is 0.317 e. The van der Waals surface area contributed by atoms with Crippen LogP contribution < -0.4 is 5.32 Å². The van der Waals surface area contributed by atoms with Crippen molar-refractivity contribution in [1.82, 2.24) is 15.1 Å². The van der Waals surface area contributed by atoms with Crippen LogP contribution >= 0.6 is 0 Å². The Morgan fingerprint density at radius 1 is 1.30 bits per heavy atom. The Hall–Kier alpha value is -1.59. The van der Waals surface area contributed by atoms with Gasteiger partial charge in [-0.2, -0.15) is 0 Å². The van der Waals surface area contributed by atoms with Gasteiger partial charge in [0, 0.05) is 32.3 Å². The van der Waals surface area contributed by atoms with Crippen molar-refractivity contribution < 1.29 is 9.90 Å². The van der Waals surface area contributed by atoms with Crippen molar-refractivity contribution in [3.05, 3.63) is 35.4 Å². The number of nitrogens with zero attached hydrogens (tertiary/aromatic N) is 2. The summed E-state index contributed by atoms with van der Waals surface area (Å²) >= 11 is 0. The molecule has 5 heteroatoms. The molecule has 0 aliphatic carbocycles. The van der Waals surface area contributed by atoms with Crippen molar-refractivity contribution in [3.8, 4) is 0 Å². The van der Waals surface area contributed by atoms with E-state index in [1.165, 1.54) is 5.56 Å². The summed E-state index contributed by atoms with van der Waals surface area (Å²) in [4.78, 5) is 16.5. The summed E-state index contributed by atoms with van der Waals surface area (Å²) in [5.74, 6) is 0. The molecule has 2 amide bonds. The fourth-order valence-electron chi connectivity index (χ4n) is 3.21. The zero-order valence-electron chi connectivity index (χ0n) is 14.3. The molecular formula is C18H29N3O2. The number of benzene rings is 1. The van der Waals surface area contributed by atoms with E-state index >= 15 is 0 Å². The summed E-state index contributed by atoms with van der Waals surface area (Å²) in [6.07, 6.45) is 3.85. The van der Waals surface area contributed by atoms with E-state index in [2.05, 4.69) is 22.3 Å². The van der Waals surface area contributed by atoms with Gasteiger partial charge >= 0.3 is 6.03 Å². The van der Waals surface area contributed by atoms with Crippen LogP contribution in [0.3, 0.4) is 0 Å². The summed E-state index contributed by atoms with van der Waals surface area (Å²) in [6.45, 7) is 2.34. The Bertz CT molecular complexity index is 503. The third-order valence-electron chi connectivity index (χ3n) is 4.39. The van der Waals surface area contributed by atoms with Gasteiger partial charge in [0.2, 0.25) is 0 Å². The highest BCUT2D eigenvalue weighted by atomic mass is 16.3. The molecule has 1 fully saturated rings. The lowest BCUT2D eigenvalue weighted by atomic mass is 10.00. The molecule has 5 nitrogen and oxygen atoms in total. The molecule has 1 atom stereocenters. The molecule has 1 aromatic carbocycles. The average Bonchev–Trinajstić information content (AvgIpc) is 2.54. The molecule has 0 spiro atoms. The van der Waals surface area contributed by atoms with Crippen LogP contribution in [-0.4, -0.2) is 54.2 Å². The Balaban J connectivity index is 1.95. The molecular weight excluding hydrogens is 290 g/mol. The van der Waals surface area contributed by atoms with Crippen molar-refractivity contribution >= 4 is 6.03 Å². The Morgan fingerprint density at radius 3 is 2.74 bits per heavy atom. The van der Waals surface area contributed by atoms with Crippen molar-refractivity contribution in [1.29, 1.82) is 0 Å². The number of piperidine rings is 1. The van der Waals surface area contributed by atoms with Crippen LogP contribution in [-0.2, 0) is 13.1 Å². The van der Waals surface area contributed by atoms with Gasteiger partial charge in [0.25, 0.3) is 0 Å². The predicted molar refractivity (Wildman–Crippen MR) is 92.1 cm³/mol. The molecule has 0 saturated carbocycles. The van der Waals surface area contributed by atoms with E-state index in [0.29, 0.717) is 13.0 Å². The number of urea groups is 1. The van der Waals surface area contributed by atoms with Crippen LogP contribution in [0.15, 0.2) is 24.3 Å². The first-order chi connectivity index (χ1) is 11.1. The summed E-state index contributed by atoms with van der Waals surface area (Å²) in [5, 5.41) is 12.2. The largest absolute Gasteiger partial charge is 0.396 e. The van der Waals surface area contributed by atoms with Crippen LogP contribution in [0.1, 0.15) is 36.8 Å². The monoisotopic (exact) mass is 319 g/mol. The number of rotatable bonds is 6. The number of likely N-dealkylation sites (tertiary alicyclic amines) is 1. The van der Waals surface area contributed by atoms with Gasteiger partial charge < -0.3 is 20.2 Å². The van der Waals surface area contributed by atoms with Crippen LogP contribution in [0, 0.1) is 0 Å². The third-order valence-corrected chi connectivity index (χ3v) is 4.39. The molecule has 23 heavy (non-hydrogen) atoms. The van der Waals surface area contributed by atoms with E-state index in [1.807, 2.05) is 31.1 Å². The van der Waals surface area contributed by atoms with Gasteiger partial charge in [0.1, 0.15) is 0 Å². The molecule has 0 radical (unpaired) electrons. The summed E-state index contributed by atoms with van der Waals surface area (Å²) in [6, 6.07) is 8.38. The highest BCUT2D eigenvalue weighted by Crippen LogP contribution is 2.19. The van der Waals surface area contributed by atoms with Crippen LogP contribution in [0.25, 0.3) is 0 Å². The first kappa shape index (κ1) is 17.8. The molecule has 1 saturated heterocycles. The molecule has 2 rings (SSSR count). The number of amides is 2. The van der Waals surface area contributed by atoms with Gasteiger partial charge in [-0.15, -0.1) is 0 Å². The normalized spacial score (nSPS) is 18.3. The van der Waals surface area contributed by atoms with Gasteiger partial charge in [-0.25, -0.2) is 4.79 Å². The van der Waals surface area contributed by atoms with Gasteiger partial charge in [0.15, 0.2) is 0 Å². The van der Waals surface area contributed by atoms with Crippen molar-refractivity contribution in [2.75, 3.05) is 27.2 Å². The molecule has 128 valence electrons. The molecule has 2 N–H and O–H groups in total. The summed E-state index contributed by atoms with van der Waals surface area (Å²) < 4.78 is 0. The lowest BCUT2D eigenvalue weighted by molar-refractivity contribution is 0.131. The predicted octanol–water partition coefficient (Wildman–Crippen LogP) is 2.19. The molecule has 1 aromatic rings. The van der Waals surface area contributed by atoms with Crippen LogP contribution in [0.2, 0.25) is 0 Å². The first-order valence-electron chi connectivity index (χ1n) is 8.48. The number of hydrogen-bond donors (Lipinski definition) is 2. The SMILES string of the molecule is CN(C)Cc1ccccc1CNC(=O)N1CCCCC1CCO. The van der Waals surface area contributed by atoms with Gasteiger partial charge in [0.05, 0.1) is 0 Å². The molecule has 1 heterocycles. The second-order valence-corrected chi connectivity index (χ2v) is 6.52.